The zero-order valence-corrected chi connectivity index (χ0v) is 18.8. The van der Waals surface area contributed by atoms with Gasteiger partial charge in [-0.05, 0) is 31.9 Å². The summed E-state index contributed by atoms with van der Waals surface area (Å²) in [4.78, 5) is 24.9. The van der Waals surface area contributed by atoms with E-state index >= 15 is 0 Å². The zero-order valence-electron chi connectivity index (χ0n) is 17.2. The maximum absolute atomic E-state index is 12.7. The number of hydrogen-bond acceptors (Lipinski definition) is 9. The van der Waals surface area contributed by atoms with Gasteiger partial charge in [-0.1, -0.05) is 42.4 Å². The summed E-state index contributed by atoms with van der Waals surface area (Å²) in [7, 11) is 0. The van der Waals surface area contributed by atoms with Crippen LogP contribution >= 0.6 is 23.1 Å². The molecule has 1 unspecified atom stereocenters. The van der Waals surface area contributed by atoms with E-state index in [0.29, 0.717) is 28.8 Å². The molecule has 11 heteroatoms. The molecular weight excluding hydrogens is 438 g/mol. The number of esters is 1. The minimum Gasteiger partial charge on any atom is -0.467 e. The molecule has 1 fully saturated rings. The molecule has 2 aromatic heterocycles. The van der Waals surface area contributed by atoms with Crippen LogP contribution in [-0.4, -0.2) is 40.6 Å². The van der Waals surface area contributed by atoms with Gasteiger partial charge in [-0.25, -0.2) is 9.59 Å². The highest BCUT2D eigenvalue weighted by Crippen LogP contribution is 2.33. The van der Waals surface area contributed by atoms with Gasteiger partial charge in [0.2, 0.25) is 5.13 Å². The van der Waals surface area contributed by atoms with Crippen molar-refractivity contribution in [3.63, 3.8) is 0 Å². The second-order valence-corrected chi connectivity index (χ2v) is 9.50. The molecule has 3 heterocycles. The number of nitrogens with zero attached hydrogens (tertiary/aromatic N) is 2. The summed E-state index contributed by atoms with van der Waals surface area (Å²) in [6, 6.07) is 2.77. The van der Waals surface area contributed by atoms with E-state index < -0.39 is 18.0 Å². The third-order valence-corrected chi connectivity index (χ3v) is 7.17. The number of aromatic nitrogens is 2. The smallest absolute Gasteiger partial charge is 0.338 e. The molecule has 31 heavy (non-hydrogen) atoms. The average molecular weight is 464 g/mol. The molecule has 0 saturated heterocycles. The van der Waals surface area contributed by atoms with Gasteiger partial charge in [-0.2, -0.15) is 0 Å². The number of thioether (sulfide) groups is 1. The normalized spacial score (nSPS) is 19.6. The molecule has 2 aliphatic rings. The lowest BCUT2D eigenvalue weighted by Gasteiger charge is -2.27. The fraction of sp³-hybridized carbons (Fsp3) is 0.500. The van der Waals surface area contributed by atoms with Crippen LogP contribution in [0.25, 0.3) is 0 Å². The van der Waals surface area contributed by atoms with Gasteiger partial charge in [-0.15, -0.1) is 10.2 Å². The molecular formula is C20H25N5O4S2. The molecule has 1 aliphatic carbocycles. The van der Waals surface area contributed by atoms with E-state index in [4.69, 9.17) is 9.15 Å². The average Bonchev–Trinajstić information content (AvgIpc) is 3.45. The van der Waals surface area contributed by atoms with Gasteiger partial charge >= 0.3 is 12.0 Å². The van der Waals surface area contributed by atoms with E-state index in [1.165, 1.54) is 48.6 Å². The number of amides is 2. The number of anilines is 1. The van der Waals surface area contributed by atoms with Gasteiger partial charge in [0.05, 0.1) is 18.4 Å². The number of carbonyl (C=O) groups is 2. The minimum atomic E-state index is -0.712. The maximum Gasteiger partial charge on any atom is 0.338 e. The van der Waals surface area contributed by atoms with E-state index in [1.54, 1.807) is 19.1 Å². The lowest BCUT2D eigenvalue weighted by Crippen LogP contribution is -2.46. The highest BCUT2D eigenvalue weighted by atomic mass is 32.2. The van der Waals surface area contributed by atoms with Crippen LogP contribution in [0.15, 0.2) is 38.4 Å². The van der Waals surface area contributed by atoms with Crippen molar-refractivity contribution in [2.24, 2.45) is 0 Å². The predicted octanol–water partition coefficient (Wildman–Crippen LogP) is 3.84. The van der Waals surface area contributed by atoms with Crippen molar-refractivity contribution in [3.05, 3.63) is 35.4 Å². The van der Waals surface area contributed by atoms with E-state index in [0.717, 1.165) is 22.3 Å². The van der Waals surface area contributed by atoms with Crippen molar-refractivity contribution in [1.29, 1.82) is 0 Å². The molecule has 9 nitrogen and oxygen atoms in total. The largest absolute Gasteiger partial charge is 0.467 e. The van der Waals surface area contributed by atoms with Gasteiger partial charge in [-0.3, -0.25) is 0 Å². The molecule has 2 aromatic rings. The third kappa shape index (κ3) is 5.40. The highest BCUT2D eigenvalue weighted by Gasteiger charge is 2.35. The summed E-state index contributed by atoms with van der Waals surface area (Å²) in [5.74, 6) is 0.316. The van der Waals surface area contributed by atoms with Gasteiger partial charge in [0.25, 0.3) is 0 Å². The molecule has 1 saturated carbocycles. The summed E-state index contributed by atoms with van der Waals surface area (Å²) in [5.41, 5.74) is 0.805. The van der Waals surface area contributed by atoms with Crippen LogP contribution in [0.4, 0.5) is 9.93 Å². The Kier molecular flexibility index (Phi) is 7.13. The topological polar surface area (TPSA) is 118 Å². The maximum atomic E-state index is 12.7. The first-order valence-corrected chi connectivity index (χ1v) is 12.2. The molecule has 4 rings (SSSR count). The Bertz CT molecular complexity index is 937. The van der Waals surface area contributed by atoms with Crippen LogP contribution in [0.3, 0.4) is 0 Å². The van der Waals surface area contributed by atoms with Crippen LogP contribution in [-0.2, 0) is 9.53 Å². The fourth-order valence-corrected chi connectivity index (χ4v) is 5.53. The highest BCUT2D eigenvalue weighted by molar-refractivity contribution is 8.01. The molecule has 2 amide bonds. The quantitative estimate of drug-likeness (QED) is 0.399. The van der Waals surface area contributed by atoms with Crippen LogP contribution < -0.4 is 16.0 Å². The van der Waals surface area contributed by atoms with Crippen LogP contribution in [0.2, 0.25) is 0 Å². The summed E-state index contributed by atoms with van der Waals surface area (Å²) in [6.07, 6.45) is 7.60. The summed E-state index contributed by atoms with van der Waals surface area (Å²) in [6.45, 7) is 1.97. The Labute approximate surface area is 188 Å². The van der Waals surface area contributed by atoms with Crippen molar-refractivity contribution in [2.45, 2.75) is 55.5 Å². The van der Waals surface area contributed by atoms with Gasteiger partial charge in [0.15, 0.2) is 4.34 Å². The Morgan fingerprint density at radius 2 is 2.19 bits per heavy atom. The van der Waals surface area contributed by atoms with Crippen molar-refractivity contribution >= 4 is 40.2 Å². The molecule has 0 radical (unpaired) electrons. The SMILES string of the molecule is CCOC(=O)C1=C(CSc2nnc(NC3CCCCC3)s2)NC(=O)NC1c1ccco1. The summed E-state index contributed by atoms with van der Waals surface area (Å²) < 4.78 is 11.4. The number of furan rings is 1. The number of rotatable bonds is 8. The zero-order chi connectivity index (χ0) is 21.6. The lowest BCUT2D eigenvalue weighted by molar-refractivity contribution is -0.139. The lowest BCUT2D eigenvalue weighted by atomic mass is 9.96. The van der Waals surface area contributed by atoms with E-state index in [2.05, 4.69) is 26.1 Å². The molecule has 0 bridgehead atoms. The van der Waals surface area contributed by atoms with E-state index in [-0.39, 0.29) is 6.61 Å². The van der Waals surface area contributed by atoms with Crippen molar-refractivity contribution in [1.82, 2.24) is 20.8 Å². The van der Waals surface area contributed by atoms with E-state index in [9.17, 15) is 9.59 Å². The molecule has 1 atom stereocenters. The summed E-state index contributed by atoms with van der Waals surface area (Å²) >= 11 is 2.89. The van der Waals surface area contributed by atoms with Crippen LogP contribution in [0, 0.1) is 0 Å². The van der Waals surface area contributed by atoms with Crippen molar-refractivity contribution < 1.29 is 18.7 Å². The van der Waals surface area contributed by atoms with Crippen molar-refractivity contribution in [2.75, 3.05) is 17.7 Å². The van der Waals surface area contributed by atoms with Crippen LogP contribution in [0.5, 0.6) is 0 Å². The first kappa shape index (κ1) is 21.7. The third-order valence-electron chi connectivity index (χ3n) is 5.16. The van der Waals surface area contributed by atoms with Gasteiger partial charge in [0.1, 0.15) is 11.8 Å². The number of nitrogens with one attached hydrogen (secondary N) is 3. The van der Waals surface area contributed by atoms with Crippen LogP contribution in [0.1, 0.15) is 50.8 Å². The Morgan fingerprint density at radius 3 is 2.94 bits per heavy atom. The van der Waals surface area contributed by atoms with Gasteiger partial charge < -0.3 is 25.1 Å². The predicted molar refractivity (Wildman–Crippen MR) is 118 cm³/mol. The number of urea groups is 1. The second-order valence-electron chi connectivity index (χ2n) is 7.30. The Hall–Kier alpha value is -2.53. The molecule has 0 aromatic carbocycles. The molecule has 0 spiro atoms. The van der Waals surface area contributed by atoms with E-state index in [1.807, 2.05) is 0 Å². The molecule has 3 N–H and O–H groups in total. The first-order chi connectivity index (χ1) is 15.1. The second kappa shape index (κ2) is 10.2. The number of hydrogen-bond donors (Lipinski definition) is 3. The molecule has 166 valence electrons. The number of carbonyl (C=O) groups excluding carboxylic acids is 2. The minimum absolute atomic E-state index is 0.230. The monoisotopic (exact) mass is 463 g/mol. The summed E-state index contributed by atoms with van der Waals surface area (Å²) in [5, 5.41) is 18.2. The van der Waals surface area contributed by atoms with Gasteiger partial charge in [0, 0.05) is 17.5 Å². The standard InChI is InChI=1S/C20H25N5O4S2/c1-2-28-17(26)15-13(22-18(27)23-16(15)14-9-6-10-29-14)11-30-20-25-24-19(31-20)21-12-7-4-3-5-8-12/h6,9-10,12,16H,2-5,7-8,11H2,1H3,(H,21,24)(H2,22,23,27). The molecule has 1 aliphatic heterocycles. The number of ether oxygens (including phenoxy) is 1. The Balaban J connectivity index is 1.49. The first-order valence-electron chi connectivity index (χ1n) is 10.4. The fourth-order valence-electron chi connectivity index (χ4n) is 3.73. The van der Waals surface area contributed by atoms with Crippen molar-refractivity contribution in [3.8, 4) is 0 Å². The Morgan fingerprint density at radius 1 is 1.35 bits per heavy atom.